The Bertz CT molecular complexity index is 416. The molecule has 1 saturated heterocycles. The molecular formula is C15H26N2O4S. The number of carboxylic acid groups (broad SMARTS) is 1. The number of aliphatic carboxylic acids is 1. The van der Waals surface area contributed by atoms with Crippen molar-refractivity contribution in [1.29, 1.82) is 0 Å². The van der Waals surface area contributed by atoms with Crippen LogP contribution in [-0.4, -0.2) is 51.5 Å². The van der Waals surface area contributed by atoms with Gasteiger partial charge in [-0.2, -0.15) is 0 Å². The number of carbonyl (C=O) groups is 3. The van der Waals surface area contributed by atoms with Gasteiger partial charge in [0.1, 0.15) is 12.1 Å². The summed E-state index contributed by atoms with van der Waals surface area (Å²) in [6.45, 7) is 5.76. The fourth-order valence-corrected chi connectivity index (χ4v) is 3.43. The minimum absolute atomic E-state index is 0.0342. The Morgan fingerprint density at radius 3 is 2.59 bits per heavy atom. The van der Waals surface area contributed by atoms with Crippen molar-refractivity contribution in [2.75, 3.05) is 11.6 Å². The molecule has 0 aromatic rings. The van der Waals surface area contributed by atoms with Gasteiger partial charge in [0, 0.05) is 11.7 Å². The standard InChI is InChI=1S/C15H26N2O4S/c1-4-6-7-11(15(20)21)16-13(18)12-8-22-9-17(12)14(19)10(3)5-2/h10-12H,4-9H2,1-3H3,(H,16,18)(H,20,21)/t10?,11-,12?/m0/s1. The Labute approximate surface area is 136 Å². The number of unbranched alkanes of at least 4 members (excludes halogenated alkanes) is 1. The summed E-state index contributed by atoms with van der Waals surface area (Å²) >= 11 is 1.53. The number of hydrogen-bond acceptors (Lipinski definition) is 4. The molecule has 0 bridgehead atoms. The molecule has 1 fully saturated rings. The van der Waals surface area contributed by atoms with Crippen molar-refractivity contribution >= 4 is 29.5 Å². The van der Waals surface area contributed by atoms with E-state index in [4.69, 9.17) is 0 Å². The molecule has 6 nitrogen and oxygen atoms in total. The van der Waals surface area contributed by atoms with Gasteiger partial charge in [0.2, 0.25) is 11.8 Å². The van der Waals surface area contributed by atoms with Crippen LogP contribution in [0.25, 0.3) is 0 Å². The fourth-order valence-electron chi connectivity index (χ4n) is 2.27. The number of nitrogens with one attached hydrogen (secondary N) is 1. The van der Waals surface area contributed by atoms with Gasteiger partial charge in [-0.15, -0.1) is 11.8 Å². The molecule has 7 heteroatoms. The maximum absolute atomic E-state index is 12.4. The predicted octanol–water partition coefficient (Wildman–Crippen LogP) is 1.69. The molecule has 1 aliphatic rings. The predicted molar refractivity (Wildman–Crippen MR) is 86.5 cm³/mol. The number of amides is 2. The first-order chi connectivity index (χ1) is 10.4. The Hall–Kier alpha value is -1.24. The quantitative estimate of drug-likeness (QED) is 0.707. The Kier molecular flexibility index (Phi) is 7.72. The molecular weight excluding hydrogens is 304 g/mol. The van der Waals surface area contributed by atoms with Crippen LogP contribution in [-0.2, 0) is 14.4 Å². The van der Waals surface area contributed by atoms with E-state index in [-0.39, 0.29) is 17.7 Å². The first-order valence-electron chi connectivity index (χ1n) is 7.83. The number of carboxylic acids is 1. The van der Waals surface area contributed by atoms with Crippen molar-refractivity contribution in [2.45, 2.75) is 58.5 Å². The summed E-state index contributed by atoms with van der Waals surface area (Å²) in [7, 11) is 0. The van der Waals surface area contributed by atoms with E-state index < -0.39 is 18.1 Å². The van der Waals surface area contributed by atoms with Crippen LogP contribution < -0.4 is 5.32 Å². The van der Waals surface area contributed by atoms with Gasteiger partial charge in [-0.1, -0.05) is 33.6 Å². The highest BCUT2D eigenvalue weighted by Crippen LogP contribution is 2.24. The van der Waals surface area contributed by atoms with Gasteiger partial charge in [0.05, 0.1) is 5.88 Å². The minimum Gasteiger partial charge on any atom is -0.480 e. The van der Waals surface area contributed by atoms with Gasteiger partial charge in [0.25, 0.3) is 0 Å². The minimum atomic E-state index is -1.02. The molecule has 1 aliphatic heterocycles. The van der Waals surface area contributed by atoms with Crippen LogP contribution in [0.15, 0.2) is 0 Å². The number of hydrogen-bond donors (Lipinski definition) is 2. The van der Waals surface area contributed by atoms with Gasteiger partial charge >= 0.3 is 5.97 Å². The summed E-state index contributed by atoms with van der Waals surface area (Å²) in [4.78, 5) is 37.5. The Morgan fingerprint density at radius 1 is 1.36 bits per heavy atom. The van der Waals surface area contributed by atoms with Crippen LogP contribution >= 0.6 is 11.8 Å². The van der Waals surface area contributed by atoms with E-state index in [0.717, 1.165) is 19.3 Å². The lowest BCUT2D eigenvalue weighted by Gasteiger charge is -2.26. The third-order valence-corrected chi connectivity index (χ3v) is 4.98. The molecule has 1 heterocycles. The lowest BCUT2D eigenvalue weighted by atomic mass is 10.1. The van der Waals surface area contributed by atoms with E-state index in [1.807, 2.05) is 20.8 Å². The molecule has 0 radical (unpaired) electrons. The Morgan fingerprint density at radius 2 is 2.05 bits per heavy atom. The third-order valence-electron chi connectivity index (χ3n) is 3.96. The molecule has 2 unspecified atom stereocenters. The molecule has 0 aliphatic carbocycles. The zero-order valence-corrected chi connectivity index (χ0v) is 14.3. The second-order valence-corrected chi connectivity index (χ2v) is 6.67. The SMILES string of the molecule is CCCC[C@H](NC(=O)C1CSCN1C(=O)C(C)CC)C(=O)O. The van der Waals surface area contributed by atoms with Gasteiger partial charge < -0.3 is 15.3 Å². The lowest BCUT2D eigenvalue weighted by Crippen LogP contribution is -2.52. The summed E-state index contributed by atoms with van der Waals surface area (Å²) in [6, 6.07) is -1.44. The van der Waals surface area contributed by atoms with E-state index in [2.05, 4.69) is 5.32 Å². The Balaban J connectivity index is 2.69. The van der Waals surface area contributed by atoms with E-state index in [1.165, 1.54) is 11.8 Å². The van der Waals surface area contributed by atoms with Crippen LogP contribution in [0.3, 0.4) is 0 Å². The molecule has 1 rings (SSSR count). The van der Waals surface area contributed by atoms with Gasteiger partial charge in [-0.3, -0.25) is 9.59 Å². The first-order valence-corrected chi connectivity index (χ1v) is 8.99. The summed E-state index contributed by atoms with van der Waals surface area (Å²) in [5, 5.41) is 11.8. The summed E-state index contributed by atoms with van der Waals surface area (Å²) in [5.74, 6) is -0.517. The third kappa shape index (κ3) is 4.90. The second kappa shape index (κ2) is 9.02. The average Bonchev–Trinajstić information content (AvgIpc) is 2.98. The van der Waals surface area contributed by atoms with E-state index >= 15 is 0 Å². The molecule has 0 saturated carbocycles. The maximum Gasteiger partial charge on any atom is 0.326 e. The highest BCUT2D eigenvalue weighted by molar-refractivity contribution is 7.99. The molecule has 2 N–H and O–H groups in total. The van der Waals surface area contributed by atoms with Crippen molar-refractivity contribution in [1.82, 2.24) is 10.2 Å². The molecule has 0 aromatic carbocycles. The second-order valence-electron chi connectivity index (χ2n) is 5.67. The normalized spacial score (nSPS) is 20.5. The monoisotopic (exact) mass is 330 g/mol. The molecule has 126 valence electrons. The molecule has 2 amide bonds. The van der Waals surface area contributed by atoms with Crippen molar-refractivity contribution in [3.63, 3.8) is 0 Å². The largest absolute Gasteiger partial charge is 0.480 e. The zero-order chi connectivity index (χ0) is 16.7. The topological polar surface area (TPSA) is 86.7 Å². The van der Waals surface area contributed by atoms with Gasteiger partial charge in [-0.05, 0) is 12.8 Å². The highest BCUT2D eigenvalue weighted by Gasteiger charge is 2.37. The first kappa shape index (κ1) is 18.8. The van der Waals surface area contributed by atoms with E-state index in [9.17, 15) is 19.5 Å². The van der Waals surface area contributed by atoms with Crippen LogP contribution in [0, 0.1) is 5.92 Å². The number of thioether (sulfide) groups is 1. The summed E-state index contributed by atoms with van der Waals surface area (Å²) < 4.78 is 0. The van der Waals surface area contributed by atoms with E-state index in [0.29, 0.717) is 18.1 Å². The van der Waals surface area contributed by atoms with Crippen molar-refractivity contribution < 1.29 is 19.5 Å². The van der Waals surface area contributed by atoms with Crippen LogP contribution in [0.2, 0.25) is 0 Å². The van der Waals surface area contributed by atoms with Crippen LogP contribution in [0.4, 0.5) is 0 Å². The number of carbonyl (C=O) groups excluding carboxylic acids is 2. The molecule has 3 atom stereocenters. The number of nitrogens with zero attached hydrogens (tertiary/aromatic N) is 1. The smallest absolute Gasteiger partial charge is 0.326 e. The summed E-state index contributed by atoms with van der Waals surface area (Å²) in [5.41, 5.74) is 0. The molecule has 0 spiro atoms. The maximum atomic E-state index is 12.4. The fraction of sp³-hybridized carbons (Fsp3) is 0.800. The lowest BCUT2D eigenvalue weighted by molar-refractivity contribution is -0.144. The van der Waals surface area contributed by atoms with Crippen molar-refractivity contribution in [3.05, 3.63) is 0 Å². The van der Waals surface area contributed by atoms with Crippen molar-refractivity contribution in [3.8, 4) is 0 Å². The summed E-state index contributed by atoms with van der Waals surface area (Å²) in [6.07, 6.45) is 2.75. The van der Waals surface area contributed by atoms with Crippen molar-refractivity contribution in [2.24, 2.45) is 5.92 Å². The van der Waals surface area contributed by atoms with Crippen LogP contribution in [0.1, 0.15) is 46.5 Å². The van der Waals surface area contributed by atoms with Crippen LogP contribution in [0.5, 0.6) is 0 Å². The van der Waals surface area contributed by atoms with Gasteiger partial charge in [-0.25, -0.2) is 4.79 Å². The molecule has 22 heavy (non-hydrogen) atoms. The van der Waals surface area contributed by atoms with Gasteiger partial charge in [0.15, 0.2) is 0 Å². The zero-order valence-electron chi connectivity index (χ0n) is 13.5. The molecule has 0 aromatic heterocycles. The number of rotatable bonds is 8. The highest BCUT2D eigenvalue weighted by atomic mass is 32.2. The van der Waals surface area contributed by atoms with E-state index in [1.54, 1.807) is 4.90 Å². The average molecular weight is 330 g/mol.